The molecule has 2 heterocycles. The molecule has 13 heavy (non-hydrogen) atoms. The molecule has 0 atom stereocenters. The van der Waals surface area contributed by atoms with E-state index >= 15 is 0 Å². The van der Waals surface area contributed by atoms with Crippen molar-refractivity contribution < 1.29 is 4.52 Å². The minimum atomic E-state index is 0.596. The van der Waals surface area contributed by atoms with Crippen LogP contribution >= 0.6 is 0 Å². The molecule has 2 aromatic heterocycles. The van der Waals surface area contributed by atoms with E-state index in [9.17, 15) is 0 Å². The van der Waals surface area contributed by atoms with Gasteiger partial charge in [-0.05, 0) is 12.6 Å². The molecule has 4 nitrogen and oxygen atoms in total. The zero-order valence-corrected chi connectivity index (χ0v) is 7.16. The van der Waals surface area contributed by atoms with Crippen molar-refractivity contribution in [3.8, 4) is 11.3 Å². The maximum absolute atomic E-state index is 5.40. The second-order valence-electron chi connectivity index (χ2n) is 2.82. The number of H-pyrrole nitrogens is 1. The van der Waals surface area contributed by atoms with Crippen LogP contribution in [0, 0.1) is 0 Å². The highest BCUT2D eigenvalue weighted by Crippen LogP contribution is 2.19. The maximum atomic E-state index is 5.40. The van der Waals surface area contributed by atoms with Crippen molar-refractivity contribution in [2.75, 3.05) is 6.54 Å². The van der Waals surface area contributed by atoms with Crippen molar-refractivity contribution >= 4 is 0 Å². The summed E-state index contributed by atoms with van der Waals surface area (Å²) < 4.78 is 5.14. The van der Waals surface area contributed by atoms with Crippen LogP contribution in [0.15, 0.2) is 29.0 Å². The maximum Gasteiger partial charge on any atom is 0.168 e. The van der Waals surface area contributed by atoms with E-state index in [0.717, 1.165) is 23.4 Å². The van der Waals surface area contributed by atoms with Crippen LogP contribution < -0.4 is 5.73 Å². The SMILES string of the molecule is NCCc1cc(-c2cc[nH]c2)on1. The Bertz CT molecular complexity index is 364. The summed E-state index contributed by atoms with van der Waals surface area (Å²) >= 11 is 0. The lowest BCUT2D eigenvalue weighted by atomic mass is 10.2. The normalized spacial score (nSPS) is 10.5. The third kappa shape index (κ3) is 1.62. The van der Waals surface area contributed by atoms with Gasteiger partial charge in [0, 0.05) is 30.4 Å². The van der Waals surface area contributed by atoms with Crippen molar-refractivity contribution in [2.45, 2.75) is 6.42 Å². The van der Waals surface area contributed by atoms with Crippen molar-refractivity contribution in [3.05, 3.63) is 30.2 Å². The van der Waals surface area contributed by atoms with E-state index in [4.69, 9.17) is 10.3 Å². The smallest absolute Gasteiger partial charge is 0.168 e. The van der Waals surface area contributed by atoms with Gasteiger partial charge in [0.15, 0.2) is 5.76 Å². The molecule has 4 heteroatoms. The summed E-state index contributed by atoms with van der Waals surface area (Å²) in [4.78, 5) is 2.96. The van der Waals surface area contributed by atoms with Gasteiger partial charge >= 0.3 is 0 Å². The minimum Gasteiger partial charge on any atom is -0.367 e. The predicted molar refractivity (Wildman–Crippen MR) is 49.0 cm³/mol. The zero-order valence-electron chi connectivity index (χ0n) is 7.16. The molecule has 0 aliphatic heterocycles. The van der Waals surface area contributed by atoms with Gasteiger partial charge < -0.3 is 15.2 Å². The largest absolute Gasteiger partial charge is 0.367 e. The highest BCUT2D eigenvalue weighted by molar-refractivity contribution is 5.55. The van der Waals surface area contributed by atoms with Crippen LogP contribution in [0.5, 0.6) is 0 Å². The number of aromatic nitrogens is 2. The molecular weight excluding hydrogens is 166 g/mol. The fraction of sp³-hybridized carbons (Fsp3) is 0.222. The van der Waals surface area contributed by atoms with E-state index in [1.165, 1.54) is 0 Å². The van der Waals surface area contributed by atoms with E-state index in [-0.39, 0.29) is 0 Å². The average Bonchev–Trinajstić information content (AvgIpc) is 2.70. The third-order valence-corrected chi connectivity index (χ3v) is 1.84. The summed E-state index contributed by atoms with van der Waals surface area (Å²) in [6.07, 6.45) is 4.47. The van der Waals surface area contributed by atoms with Crippen molar-refractivity contribution in [1.29, 1.82) is 0 Å². The molecule has 0 bridgehead atoms. The topological polar surface area (TPSA) is 67.8 Å². The lowest BCUT2D eigenvalue weighted by molar-refractivity contribution is 0.424. The number of hydrogen-bond donors (Lipinski definition) is 2. The molecule has 0 amide bonds. The fourth-order valence-corrected chi connectivity index (χ4v) is 1.19. The molecule has 0 aliphatic rings. The minimum absolute atomic E-state index is 0.596. The molecule has 2 rings (SSSR count). The summed E-state index contributed by atoms with van der Waals surface area (Å²) in [6, 6.07) is 3.85. The van der Waals surface area contributed by atoms with Crippen LogP contribution in [-0.4, -0.2) is 16.7 Å². The van der Waals surface area contributed by atoms with Crippen molar-refractivity contribution in [3.63, 3.8) is 0 Å². The summed E-state index contributed by atoms with van der Waals surface area (Å²) in [5.74, 6) is 0.782. The number of rotatable bonds is 3. The molecule has 0 spiro atoms. The number of hydrogen-bond acceptors (Lipinski definition) is 3. The van der Waals surface area contributed by atoms with Gasteiger partial charge in [-0.2, -0.15) is 0 Å². The molecular formula is C9H11N3O. The standard InChI is InChI=1S/C9H11N3O/c10-3-1-8-5-9(13-12-8)7-2-4-11-6-7/h2,4-6,11H,1,3,10H2. The fourth-order valence-electron chi connectivity index (χ4n) is 1.19. The summed E-state index contributed by atoms with van der Waals surface area (Å²) in [7, 11) is 0. The quantitative estimate of drug-likeness (QED) is 0.739. The van der Waals surface area contributed by atoms with Gasteiger partial charge in [-0.15, -0.1) is 0 Å². The number of nitrogens with zero attached hydrogens (tertiary/aromatic N) is 1. The second kappa shape index (κ2) is 3.45. The monoisotopic (exact) mass is 177 g/mol. The Balaban J connectivity index is 2.23. The van der Waals surface area contributed by atoms with Gasteiger partial charge in [0.2, 0.25) is 0 Å². The van der Waals surface area contributed by atoms with E-state index < -0.39 is 0 Å². The van der Waals surface area contributed by atoms with Crippen LogP contribution in [0.2, 0.25) is 0 Å². The molecule has 68 valence electrons. The lowest BCUT2D eigenvalue weighted by Gasteiger charge is -1.85. The Hall–Kier alpha value is -1.55. The predicted octanol–water partition coefficient (Wildman–Crippen LogP) is 1.17. The number of nitrogens with one attached hydrogen (secondary N) is 1. The van der Waals surface area contributed by atoms with E-state index in [2.05, 4.69) is 10.1 Å². The Kier molecular flexibility index (Phi) is 2.14. The molecule has 0 unspecified atom stereocenters. The lowest BCUT2D eigenvalue weighted by Crippen LogP contribution is -2.02. The van der Waals surface area contributed by atoms with E-state index in [1.807, 2.05) is 24.5 Å². The highest BCUT2D eigenvalue weighted by Gasteiger charge is 2.05. The van der Waals surface area contributed by atoms with Gasteiger partial charge in [0.25, 0.3) is 0 Å². The van der Waals surface area contributed by atoms with Crippen LogP contribution in [0.1, 0.15) is 5.69 Å². The van der Waals surface area contributed by atoms with Gasteiger partial charge in [0.05, 0.1) is 5.69 Å². The van der Waals surface area contributed by atoms with Gasteiger partial charge in [-0.1, -0.05) is 5.16 Å². The summed E-state index contributed by atoms with van der Waals surface area (Å²) in [5, 5.41) is 3.89. The third-order valence-electron chi connectivity index (χ3n) is 1.84. The molecule has 3 N–H and O–H groups in total. The van der Waals surface area contributed by atoms with Crippen LogP contribution in [0.3, 0.4) is 0 Å². The molecule has 0 aromatic carbocycles. The number of nitrogens with two attached hydrogens (primary N) is 1. The second-order valence-corrected chi connectivity index (χ2v) is 2.82. The molecule has 0 radical (unpaired) electrons. The molecule has 2 aromatic rings. The van der Waals surface area contributed by atoms with Crippen molar-refractivity contribution in [1.82, 2.24) is 10.1 Å². The molecule has 0 fully saturated rings. The molecule has 0 saturated carbocycles. The first-order valence-corrected chi connectivity index (χ1v) is 4.19. The Labute approximate surface area is 75.7 Å². The molecule has 0 saturated heterocycles. The van der Waals surface area contributed by atoms with Gasteiger partial charge in [-0.25, -0.2) is 0 Å². The summed E-state index contributed by atoms with van der Waals surface area (Å²) in [6.45, 7) is 0.596. The van der Waals surface area contributed by atoms with Crippen molar-refractivity contribution in [2.24, 2.45) is 5.73 Å². The average molecular weight is 177 g/mol. The van der Waals surface area contributed by atoms with Crippen LogP contribution in [0.4, 0.5) is 0 Å². The van der Waals surface area contributed by atoms with Gasteiger partial charge in [-0.3, -0.25) is 0 Å². The Morgan fingerprint density at radius 2 is 2.46 bits per heavy atom. The zero-order chi connectivity index (χ0) is 9.10. The highest BCUT2D eigenvalue weighted by atomic mass is 16.5. The first-order chi connectivity index (χ1) is 6.40. The summed E-state index contributed by atoms with van der Waals surface area (Å²) in [5.41, 5.74) is 7.31. The first-order valence-electron chi connectivity index (χ1n) is 4.19. The number of aromatic amines is 1. The van der Waals surface area contributed by atoms with E-state index in [1.54, 1.807) is 0 Å². The molecule has 0 aliphatic carbocycles. The van der Waals surface area contributed by atoms with Crippen LogP contribution in [-0.2, 0) is 6.42 Å². The Morgan fingerprint density at radius 1 is 1.54 bits per heavy atom. The van der Waals surface area contributed by atoms with Crippen LogP contribution in [0.25, 0.3) is 11.3 Å². The van der Waals surface area contributed by atoms with Gasteiger partial charge in [0.1, 0.15) is 0 Å². The first kappa shape index (κ1) is 8.07. The van der Waals surface area contributed by atoms with E-state index in [0.29, 0.717) is 6.54 Å². The Morgan fingerprint density at radius 3 is 3.15 bits per heavy atom.